The van der Waals surface area contributed by atoms with Gasteiger partial charge in [-0.05, 0) is 0 Å². The second kappa shape index (κ2) is 8.29. The van der Waals surface area contributed by atoms with Crippen LogP contribution in [0.1, 0.15) is 0 Å². The molecule has 0 aromatic carbocycles. The molecule has 0 saturated heterocycles. The summed E-state index contributed by atoms with van der Waals surface area (Å²) in [6.45, 7) is 0. The molecule has 11 heteroatoms. The van der Waals surface area contributed by atoms with E-state index in [1.54, 1.807) is 0 Å². The van der Waals surface area contributed by atoms with Crippen molar-refractivity contribution < 1.29 is 36.3 Å². The van der Waals surface area contributed by atoms with E-state index in [0.29, 0.717) is 0 Å². The van der Waals surface area contributed by atoms with Crippen LogP contribution in [0.15, 0.2) is 0 Å². The minimum absolute atomic E-state index is 0. The van der Waals surface area contributed by atoms with Crippen LogP contribution in [-0.4, -0.2) is 29.7 Å². The summed E-state index contributed by atoms with van der Waals surface area (Å²) in [5.41, 5.74) is 0. The van der Waals surface area contributed by atoms with Crippen LogP contribution in [0.25, 0.3) is 0 Å². The summed E-state index contributed by atoms with van der Waals surface area (Å²) in [6, 6.07) is 0. The summed E-state index contributed by atoms with van der Waals surface area (Å²) in [7, 11) is 0. The largest absolute Gasteiger partial charge is 0.478 e. The van der Waals surface area contributed by atoms with Gasteiger partial charge in [-0.1, -0.05) is 69.6 Å². The molecule has 0 heterocycles. The van der Waals surface area contributed by atoms with Crippen molar-refractivity contribution in [3.05, 3.63) is 0 Å². The molecule has 15 heavy (non-hydrogen) atoms. The van der Waals surface area contributed by atoms with Crippen molar-refractivity contribution in [3.63, 3.8) is 0 Å². The van der Waals surface area contributed by atoms with E-state index >= 15 is 0 Å². The number of rotatable bonds is 0. The van der Waals surface area contributed by atoms with Crippen molar-refractivity contribution in [2.24, 2.45) is 0 Å². The third-order valence-electron chi connectivity index (χ3n) is 0.485. The Bertz CT molecular complexity index is 196. The van der Waals surface area contributed by atoms with Crippen molar-refractivity contribution in [1.29, 1.82) is 0 Å². The quantitative estimate of drug-likeness (QED) is 0.497. The monoisotopic (exact) mass is 382 g/mol. The van der Waals surface area contributed by atoms with Crippen LogP contribution < -0.4 is 0 Å². The summed E-state index contributed by atoms with van der Waals surface area (Å²) in [6.07, 6.45) is 0. The minimum Gasteiger partial charge on any atom is -0.478 e. The summed E-state index contributed by atoms with van der Waals surface area (Å²) in [5, 5.41) is 15.7. The third kappa shape index (κ3) is 15.2. The van der Waals surface area contributed by atoms with Crippen LogP contribution in [0.4, 0.5) is 0 Å². The molecule has 0 fully saturated rings. The van der Waals surface area contributed by atoms with Crippen molar-refractivity contribution in [1.82, 2.24) is 0 Å². The maximum Gasteiger partial charge on any atom is 0.356 e. The normalized spacial score (nSPS) is 10.5. The zero-order valence-electron chi connectivity index (χ0n) is 6.29. The van der Waals surface area contributed by atoms with Gasteiger partial charge in [0.05, 0.1) is 0 Å². The van der Waals surface area contributed by atoms with E-state index in [9.17, 15) is 9.59 Å². The maximum absolute atomic E-state index is 9.62. The molecule has 0 rings (SSSR count). The van der Waals surface area contributed by atoms with E-state index in [0.717, 1.165) is 0 Å². The fourth-order valence-corrected chi connectivity index (χ4v) is 0. The van der Waals surface area contributed by atoms with E-state index in [-0.39, 0.29) is 16.5 Å². The molecule has 0 aliphatic carbocycles. The molecule has 0 aromatic heterocycles. The summed E-state index contributed by atoms with van der Waals surface area (Å²) in [5.74, 6) is -2.92. The molecule has 4 nitrogen and oxygen atoms in total. The predicted molar refractivity (Wildman–Crippen MR) is 55.9 cm³/mol. The topological polar surface area (TPSA) is 74.6 Å². The van der Waals surface area contributed by atoms with Gasteiger partial charge in [-0.25, -0.2) is 9.59 Å². The average molecular weight is 385 g/mol. The Morgan fingerprint density at radius 3 is 0.800 bits per heavy atom. The van der Waals surface area contributed by atoms with Gasteiger partial charge in [-0.15, -0.1) is 0 Å². The molecule has 0 radical (unpaired) electrons. The van der Waals surface area contributed by atoms with Crippen molar-refractivity contribution in [2.45, 2.75) is 7.59 Å². The van der Waals surface area contributed by atoms with Gasteiger partial charge in [0.1, 0.15) is 0 Å². The third-order valence-corrected chi connectivity index (χ3v) is 1.46. The number of carboxylic acids is 2. The van der Waals surface area contributed by atoms with Gasteiger partial charge in [0.2, 0.25) is 0 Å². The average Bonchev–Trinajstić information content (AvgIpc) is 1.83. The Morgan fingerprint density at radius 1 is 0.733 bits per heavy atom. The number of alkyl halides is 6. The first-order valence-electron chi connectivity index (χ1n) is 2.49. The molecule has 0 aliphatic heterocycles. The number of carbonyl (C=O) groups is 2. The molecule has 0 aliphatic rings. The Morgan fingerprint density at radius 2 is 0.800 bits per heavy atom. The van der Waals surface area contributed by atoms with Gasteiger partial charge in [0, 0.05) is 16.5 Å². The molecule has 0 amide bonds. The van der Waals surface area contributed by atoms with E-state index in [1.165, 1.54) is 0 Å². The fourth-order valence-electron chi connectivity index (χ4n) is 0. The molecule has 0 spiro atoms. The number of carboxylic acid groups (broad SMARTS) is 2. The Balaban J connectivity index is -0.000000180. The Labute approximate surface area is 125 Å². The second-order valence-corrected chi connectivity index (χ2v) is 6.17. The van der Waals surface area contributed by atoms with Gasteiger partial charge < -0.3 is 10.2 Å². The fraction of sp³-hybridized carbons (Fsp3) is 0.500. The molecule has 0 aromatic rings. The Hall–Kier alpha value is 1.17. The van der Waals surface area contributed by atoms with Crippen LogP contribution in [0, 0.1) is 0 Å². The molecule has 94 valence electrons. The first-order chi connectivity index (χ1) is 5.89. The van der Waals surface area contributed by atoms with E-state index < -0.39 is 19.5 Å². The Kier molecular flexibility index (Phi) is 11.9. The minimum atomic E-state index is -2.17. The predicted octanol–water partition coefficient (Wildman–Crippen LogP) is 2.88. The number of halogens is 6. The summed E-state index contributed by atoms with van der Waals surface area (Å²) < 4.78 is -4.33. The first kappa shape index (κ1) is 21.5. The number of hydrogen-bond acceptors (Lipinski definition) is 2. The van der Waals surface area contributed by atoms with Crippen LogP contribution in [0.5, 0.6) is 0 Å². The molecule has 0 saturated carbocycles. The van der Waals surface area contributed by atoms with E-state index in [1.807, 2.05) is 0 Å². The molecular weight excluding hydrogens is 383 g/mol. The molecule has 0 atom stereocenters. The van der Waals surface area contributed by atoms with E-state index in [2.05, 4.69) is 0 Å². The SMILES string of the molecule is O=C(O)C(Cl)(Cl)Cl.O=C(O)C(Cl)(Cl)Cl.[Ni]. The molecular formula is C4H2Cl6NiO4. The van der Waals surface area contributed by atoms with Crippen molar-refractivity contribution in [3.8, 4) is 0 Å². The van der Waals surface area contributed by atoms with Gasteiger partial charge >= 0.3 is 11.9 Å². The van der Waals surface area contributed by atoms with Gasteiger partial charge in [0.25, 0.3) is 7.59 Å². The van der Waals surface area contributed by atoms with Crippen LogP contribution in [0.2, 0.25) is 0 Å². The smallest absolute Gasteiger partial charge is 0.356 e. The van der Waals surface area contributed by atoms with E-state index in [4.69, 9.17) is 79.8 Å². The molecule has 0 bridgehead atoms. The van der Waals surface area contributed by atoms with Gasteiger partial charge in [-0.2, -0.15) is 0 Å². The second-order valence-electron chi connectivity index (χ2n) is 1.61. The molecule has 2 N–H and O–H groups in total. The summed E-state index contributed by atoms with van der Waals surface area (Å²) >= 11 is 28.8. The number of aliphatic carboxylic acids is 2. The van der Waals surface area contributed by atoms with Crippen LogP contribution in [-0.2, 0) is 26.1 Å². The van der Waals surface area contributed by atoms with Crippen LogP contribution >= 0.6 is 69.6 Å². The van der Waals surface area contributed by atoms with Crippen LogP contribution in [0.3, 0.4) is 0 Å². The number of hydrogen-bond donors (Lipinski definition) is 2. The molecule has 0 unspecified atom stereocenters. The standard InChI is InChI=1S/2C2HCl3O2.Ni/c2*3-2(4,5)1(6)7;/h2*(H,6,7);. The zero-order chi connectivity index (χ0) is 12.2. The zero-order valence-corrected chi connectivity index (χ0v) is 11.8. The van der Waals surface area contributed by atoms with Gasteiger partial charge in [-0.3, -0.25) is 0 Å². The first-order valence-corrected chi connectivity index (χ1v) is 4.76. The summed E-state index contributed by atoms with van der Waals surface area (Å²) in [4.78, 5) is 19.2. The van der Waals surface area contributed by atoms with Gasteiger partial charge in [0.15, 0.2) is 0 Å². The maximum atomic E-state index is 9.62. The van der Waals surface area contributed by atoms with Crippen molar-refractivity contribution in [2.75, 3.05) is 0 Å². The van der Waals surface area contributed by atoms with Crippen molar-refractivity contribution >= 4 is 81.5 Å².